The summed E-state index contributed by atoms with van der Waals surface area (Å²) >= 11 is 0. The van der Waals surface area contributed by atoms with Crippen LogP contribution in [-0.4, -0.2) is 31.9 Å². The minimum absolute atomic E-state index is 0.0107. The van der Waals surface area contributed by atoms with Crippen LogP contribution in [0.25, 0.3) is 0 Å². The molecule has 0 aliphatic heterocycles. The van der Waals surface area contributed by atoms with Crippen LogP contribution in [0, 0.1) is 23.7 Å². The van der Waals surface area contributed by atoms with Gasteiger partial charge in [-0.2, -0.15) is 0 Å². The van der Waals surface area contributed by atoms with Gasteiger partial charge < -0.3 is 14.2 Å². The molecule has 0 heterocycles. The summed E-state index contributed by atoms with van der Waals surface area (Å²) < 4.78 is 15.3. The monoisotopic (exact) mass is 270 g/mol. The number of carbonyl (C=O) groups excluding carboxylic acids is 2. The van der Waals surface area contributed by atoms with Crippen molar-refractivity contribution in [1.82, 2.24) is 0 Å². The number of hydrogen-bond acceptors (Lipinski definition) is 5. The van der Waals surface area contributed by atoms with E-state index in [1.165, 1.54) is 7.11 Å². The minimum Gasteiger partial charge on any atom is -0.462 e. The van der Waals surface area contributed by atoms with Gasteiger partial charge in [0, 0.05) is 13.0 Å². The summed E-state index contributed by atoms with van der Waals surface area (Å²) in [5.74, 6) is -0.0646. The van der Waals surface area contributed by atoms with Crippen LogP contribution in [0.5, 0.6) is 0 Å². The average Bonchev–Trinajstić information content (AvgIpc) is 2.95. The number of hydrogen-bond donors (Lipinski definition) is 0. The van der Waals surface area contributed by atoms with Crippen molar-refractivity contribution in [2.75, 3.05) is 13.9 Å². The Kier molecular flexibility index (Phi) is 4.45. The van der Waals surface area contributed by atoms with Crippen molar-refractivity contribution in [2.24, 2.45) is 23.7 Å². The number of ether oxygens (including phenoxy) is 3. The first-order valence-corrected chi connectivity index (χ1v) is 6.89. The summed E-state index contributed by atoms with van der Waals surface area (Å²) in [6, 6.07) is 0. The molecule has 4 atom stereocenters. The van der Waals surface area contributed by atoms with Crippen LogP contribution in [0.4, 0.5) is 0 Å². The molecule has 2 aliphatic carbocycles. The van der Waals surface area contributed by atoms with Crippen molar-refractivity contribution in [3.8, 4) is 0 Å². The van der Waals surface area contributed by atoms with Gasteiger partial charge in [-0.05, 0) is 25.2 Å². The van der Waals surface area contributed by atoms with Crippen molar-refractivity contribution in [3.05, 3.63) is 0 Å². The third kappa shape index (κ3) is 3.08. The molecular weight excluding hydrogens is 248 g/mol. The predicted octanol–water partition coefficient (Wildman–Crippen LogP) is 1.75. The van der Waals surface area contributed by atoms with Gasteiger partial charge in [-0.25, -0.2) is 0 Å². The van der Waals surface area contributed by atoms with Crippen LogP contribution in [0.2, 0.25) is 0 Å². The van der Waals surface area contributed by atoms with Gasteiger partial charge in [0.05, 0.1) is 11.8 Å². The van der Waals surface area contributed by atoms with Gasteiger partial charge in [0.25, 0.3) is 0 Å². The molecule has 0 amide bonds. The van der Waals surface area contributed by atoms with Crippen LogP contribution >= 0.6 is 0 Å². The highest BCUT2D eigenvalue weighted by atomic mass is 16.7. The van der Waals surface area contributed by atoms with Gasteiger partial charge in [0.2, 0.25) is 0 Å². The van der Waals surface area contributed by atoms with E-state index >= 15 is 0 Å². The van der Waals surface area contributed by atoms with Crippen LogP contribution in [0.15, 0.2) is 0 Å². The molecule has 2 saturated carbocycles. The number of fused-ring (bicyclic) bond motifs is 2. The van der Waals surface area contributed by atoms with Crippen molar-refractivity contribution in [1.29, 1.82) is 0 Å². The third-order valence-corrected chi connectivity index (χ3v) is 4.11. The van der Waals surface area contributed by atoms with E-state index in [-0.39, 0.29) is 42.6 Å². The molecule has 0 N–H and O–H groups in total. The molecule has 5 heteroatoms. The van der Waals surface area contributed by atoms with Crippen LogP contribution < -0.4 is 0 Å². The quantitative estimate of drug-likeness (QED) is 0.562. The number of carbonyl (C=O) groups is 2. The van der Waals surface area contributed by atoms with E-state index in [1.807, 2.05) is 13.8 Å². The highest BCUT2D eigenvalue weighted by molar-refractivity contribution is 5.74. The maximum atomic E-state index is 11.9. The smallest absolute Gasteiger partial charge is 0.311 e. The zero-order valence-corrected chi connectivity index (χ0v) is 11.8. The zero-order valence-electron chi connectivity index (χ0n) is 11.8. The van der Waals surface area contributed by atoms with E-state index in [9.17, 15) is 9.59 Å². The predicted molar refractivity (Wildman–Crippen MR) is 67.0 cm³/mol. The fourth-order valence-electron chi connectivity index (χ4n) is 3.20. The summed E-state index contributed by atoms with van der Waals surface area (Å²) in [5, 5.41) is 0. The summed E-state index contributed by atoms with van der Waals surface area (Å²) in [5.41, 5.74) is 0. The Morgan fingerprint density at radius 1 is 1.21 bits per heavy atom. The third-order valence-electron chi connectivity index (χ3n) is 4.11. The molecule has 0 saturated heterocycles. The lowest BCUT2D eigenvalue weighted by molar-refractivity contribution is -0.168. The minimum atomic E-state index is -0.223. The molecule has 2 rings (SSSR count). The molecule has 2 bridgehead atoms. The molecule has 0 aromatic heterocycles. The van der Waals surface area contributed by atoms with Gasteiger partial charge in [0.1, 0.15) is 6.10 Å². The highest BCUT2D eigenvalue weighted by Crippen LogP contribution is 2.50. The Hall–Kier alpha value is -1.10. The lowest BCUT2D eigenvalue weighted by Crippen LogP contribution is -2.35. The number of esters is 2. The van der Waals surface area contributed by atoms with E-state index < -0.39 is 0 Å². The number of rotatable bonds is 5. The van der Waals surface area contributed by atoms with Gasteiger partial charge >= 0.3 is 11.9 Å². The first-order chi connectivity index (χ1) is 9.02. The summed E-state index contributed by atoms with van der Waals surface area (Å²) in [6.45, 7) is 3.63. The summed E-state index contributed by atoms with van der Waals surface area (Å²) in [4.78, 5) is 23.6. The molecule has 108 valence electrons. The van der Waals surface area contributed by atoms with Gasteiger partial charge in [-0.3, -0.25) is 9.59 Å². The topological polar surface area (TPSA) is 61.8 Å². The van der Waals surface area contributed by atoms with Gasteiger partial charge in [-0.1, -0.05) is 13.8 Å². The average molecular weight is 270 g/mol. The van der Waals surface area contributed by atoms with Gasteiger partial charge in [0.15, 0.2) is 6.79 Å². The second-order valence-corrected chi connectivity index (χ2v) is 5.84. The van der Waals surface area contributed by atoms with Crippen LogP contribution in [0.1, 0.15) is 33.1 Å². The van der Waals surface area contributed by atoms with Crippen LogP contribution in [0.3, 0.4) is 0 Å². The lowest BCUT2D eigenvalue weighted by Gasteiger charge is -2.28. The molecule has 4 unspecified atom stereocenters. The summed E-state index contributed by atoms with van der Waals surface area (Å²) in [7, 11) is 1.49. The fourth-order valence-corrected chi connectivity index (χ4v) is 3.20. The van der Waals surface area contributed by atoms with Crippen molar-refractivity contribution in [2.45, 2.75) is 39.2 Å². The Morgan fingerprint density at radius 3 is 2.53 bits per heavy atom. The molecule has 0 spiro atoms. The van der Waals surface area contributed by atoms with E-state index in [2.05, 4.69) is 0 Å². The maximum Gasteiger partial charge on any atom is 0.311 e. The van der Waals surface area contributed by atoms with E-state index in [0.29, 0.717) is 5.92 Å². The molecule has 0 radical (unpaired) electrons. The van der Waals surface area contributed by atoms with E-state index in [1.54, 1.807) is 0 Å². The van der Waals surface area contributed by atoms with Gasteiger partial charge in [-0.15, -0.1) is 0 Å². The Morgan fingerprint density at radius 2 is 1.95 bits per heavy atom. The molecular formula is C14H22O5. The van der Waals surface area contributed by atoms with Crippen molar-refractivity contribution in [3.63, 3.8) is 0 Å². The zero-order chi connectivity index (χ0) is 14.0. The van der Waals surface area contributed by atoms with Crippen LogP contribution in [-0.2, 0) is 23.8 Å². The Balaban J connectivity index is 1.92. The standard InChI is InChI=1S/C14H22O5/c1-8(2)13(15)19-12-6-9-4-10(12)11(5-9)14(16)18-7-17-3/h8-12H,4-7H2,1-3H3. The Bertz CT molecular complexity index is 352. The maximum absolute atomic E-state index is 11.9. The fraction of sp³-hybridized carbons (Fsp3) is 0.857. The van der Waals surface area contributed by atoms with E-state index in [0.717, 1.165) is 19.3 Å². The first-order valence-electron chi connectivity index (χ1n) is 6.89. The van der Waals surface area contributed by atoms with Crippen molar-refractivity contribution < 1.29 is 23.8 Å². The molecule has 19 heavy (non-hydrogen) atoms. The second-order valence-electron chi connectivity index (χ2n) is 5.84. The van der Waals surface area contributed by atoms with Crippen molar-refractivity contribution >= 4 is 11.9 Å². The summed E-state index contributed by atoms with van der Waals surface area (Å²) in [6.07, 6.45) is 2.58. The number of methoxy groups -OCH3 is 1. The molecule has 5 nitrogen and oxygen atoms in total. The lowest BCUT2D eigenvalue weighted by atomic mass is 9.86. The first kappa shape index (κ1) is 14.3. The molecule has 2 aliphatic rings. The molecule has 0 aromatic carbocycles. The molecule has 2 fully saturated rings. The largest absolute Gasteiger partial charge is 0.462 e. The van der Waals surface area contributed by atoms with E-state index in [4.69, 9.17) is 14.2 Å². The second kappa shape index (κ2) is 5.90. The normalized spacial score (nSPS) is 32.6. The Labute approximate surface area is 113 Å². The SMILES string of the molecule is COCOC(=O)C1CC2CC(OC(=O)C(C)C)C1C2. The highest BCUT2D eigenvalue weighted by Gasteiger charge is 2.51. The molecule has 0 aromatic rings.